The van der Waals surface area contributed by atoms with Crippen molar-refractivity contribution in [2.75, 3.05) is 19.6 Å². The predicted molar refractivity (Wildman–Crippen MR) is 83.2 cm³/mol. The van der Waals surface area contributed by atoms with Crippen molar-refractivity contribution in [2.45, 2.75) is 20.3 Å². The Bertz CT molecular complexity index is 592. The molecule has 1 aromatic heterocycles. The number of nitrogens with zero attached hydrogens (tertiary/aromatic N) is 2. The van der Waals surface area contributed by atoms with Crippen molar-refractivity contribution >= 4 is 5.91 Å². The molecule has 0 saturated carbocycles. The van der Waals surface area contributed by atoms with Gasteiger partial charge in [-0.15, -0.1) is 0 Å². The number of hydrogen-bond acceptors (Lipinski definition) is 3. The minimum atomic E-state index is -0.0572. The number of hydrogen-bond donors (Lipinski definition) is 2. The van der Waals surface area contributed by atoms with E-state index in [1.54, 1.807) is 4.90 Å². The summed E-state index contributed by atoms with van der Waals surface area (Å²) < 4.78 is 0. The number of benzene rings is 1. The highest BCUT2D eigenvalue weighted by Crippen LogP contribution is 2.12. The number of carbonyl (C=O) groups is 1. The van der Waals surface area contributed by atoms with Crippen LogP contribution in [0.3, 0.4) is 0 Å². The summed E-state index contributed by atoms with van der Waals surface area (Å²) in [5, 5.41) is 6.98. The van der Waals surface area contributed by atoms with E-state index < -0.39 is 0 Å². The molecule has 0 unspecified atom stereocenters. The van der Waals surface area contributed by atoms with Crippen molar-refractivity contribution < 1.29 is 4.79 Å². The lowest BCUT2D eigenvalue weighted by Crippen LogP contribution is -2.37. The van der Waals surface area contributed by atoms with E-state index in [1.165, 1.54) is 5.56 Å². The molecule has 1 heterocycles. The number of amides is 1. The molecule has 0 atom stereocenters. The van der Waals surface area contributed by atoms with Gasteiger partial charge in [-0.05, 0) is 25.8 Å². The maximum Gasteiger partial charge on any atom is 0.274 e. The predicted octanol–water partition coefficient (Wildman–Crippen LogP) is 1.67. The van der Waals surface area contributed by atoms with Crippen LogP contribution in [-0.4, -0.2) is 40.6 Å². The molecule has 0 saturated heterocycles. The third-order valence-corrected chi connectivity index (χ3v) is 3.66. The van der Waals surface area contributed by atoms with Crippen LogP contribution < -0.4 is 5.73 Å². The Labute approximate surface area is 125 Å². The minimum absolute atomic E-state index is 0.0572. The molecule has 0 radical (unpaired) electrons. The summed E-state index contributed by atoms with van der Waals surface area (Å²) in [6, 6.07) is 10.1. The van der Waals surface area contributed by atoms with Crippen LogP contribution >= 0.6 is 0 Å². The van der Waals surface area contributed by atoms with Gasteiger partial charge >= 0.3 is 0 Å². The second-order valence-electron chi connectivity index (χ2n) is 5.14. The number of carbonyl (C=O) groups excluding carboxylic acids is 1. The van der Waals surface area contributed by atoms with E-state index in [1.807, 2.05) is 32.0 Å². The normalized spacial score (nSPS) is 10.6. The smallest absolute Gasteiger partial charge is 0.274 e. The Kier molecular flexibility index (Phi) is 5.11. The molecule has 5 heteroatoms. The number of aromatic nitrogens is 2. The first-order chi connectivity index (χ1) is 10.1. The number of aryl methyl sites for hydroxylation is 1. The van der Waals surface area contributed by atoms with Crippen LogP contribution in [0.2, 0.25) is 0 Å². The van der Waals surface area contributed by atoms with Crippen LogP contribution in [-0.2, 0) is 6.42 Å². The lowest BCUT2D eigenvalue weighted by atomic mass is 10.1. The van der Waals surface area contributed by atoms with Crippen molar-refractivity contribution in [1.29, 1.82) is 0 Å². The van der Waals surface area contributed by atoms with E-state index >= 15 is 0 Å². The fraction of sp³-hybridized carbons (Fsp3) is 0.375. The third-order valence-electron chi connectivity index (χ3n) is 3.66. The molecule has 0 aliphatic carbocycles. The van der Waals surface area contributed by atoms with Crippen LogP contribution in [0.1, 0.15) is 27.3 Å². The quantitative estimate of drug-likeness (QED) is 0.848. The van der Waals surface area contributed by atoms with Gasteiger partial charge in [0, 0.05) is 30.9 Å². The molecule has 0 spiro atoms. The average Bonchev–Trinajstić information content (AvgIpc) is 2.84. The van der Waals surface area contributed by atoms with E-state index in [0.717, 1.165) is 17.7 Å². The largest absolute Gasteiger partial charge is 0.336 e. The fourth-order valence-corrected chi connectivity index (χ4v) is 2.22. The van der Waals surface area contributed by atoms with Gasteiger partial charge in [-0.2, -0.15) is 5.10 Å². The standard InChI is InChI=1S/C16H22N4O/c1-12-13(2)18-19-15(12)16(21)20(11-9-17)10-8-14-6-4-3-5-7-14/h3-7H,8-11,17H2,1-2H3,(H,18,19). The van der Waals surface area contributed by atoms with Crippen LogP contribution in [0, 0.1) is 13.8 Å². The molecule has 0 fully saturated rings. The highest BCUT2D eigenvalue weighted by atomic mass is 16.2. The maximum absolute atomic E-state index is 12.6. The van der Waals surface area contributed by atoms with Gasteiger partial charge < -0.3 is 10.6 Å². The van der Waals surface area contributed by atoms with Gasteiger partial charge in [0.15, 0.2) is 5.69 Å². The molecule has 2 rings (SSSR count). The van der Waals surface area contributed by atoms with E-state index in [-0.39, 0.29) is 5.91 Å². The lowest BCUT2D eigenvalue weighted by molar-refractivity contribution is 0.0755. The summed E-state index contributed by atoms with van der Waals surface area (Å²) in [6.45, 7) is 5.45. The monoisotopic (exact) mass is 286 g/mol. The van der Waals surface area contributed by atoms with Gasteiger partial charge in [-0.1, -0.05) is 30.3 Å². The zero-order valence-electron chi connectivity index (χ0n) is 12.6. The number of H-pyrrole nitrogens is 1. The number of rotatable bonds is 6. The Morgan fingerprint density at radius 1 is 1.24 bits per heavy atom. The molecule has 112 valence electrons. The van der Waals surface area contributed by atoms with Crippen LogP contribution in [0.25, 0.3) is 0 Å². The molecule has 1 amide bonds. The first-order valence-electron chi connectivity index (χ1n) is 7.18. The van der Waals surface area contributed by atoms with Crippen molar-refractivity contribution in [3.8, 4) is 0 Å². The van der Waals surface area contributed by atoms with Crippen LogP contribution in [0.15, 0.2) is 30.3 Å². The molecule has 2 aromatic rings. The van der Waals surface area contributed by atoms with Gasteiger partial charge in [-0.3, -0.25) is 9.89 Å². The molecule has 0 aliphatic heterocycles. The first kappa shape index (κ1) is 15.3. The average molecular weight is 286 g/mol. The number of nitrogens with one attached hydrogen (secondary N) is 1. The Morgan fingerprint density at radius 3 is 2.52 bits per heavy atom. The van der Waals surface area contributed by atoms with E-state index in [4.69, 9.17) is 5.73 Å². The zero-order valence-corrected chi connectivity index (χ0v) is 12.6. The van der Waals surface area contributed by atoms with Crippen molar-refractivity contribution in [2.24, 2.45) is 5.73 Å². The first-order valence-corrected chi connectivity index (χ1v) is 7.18. The molecule has 21 heavy (non-hydrogen) atoms. The summed E-state index contributed by atoms with van der Waals surface area (Å²) in [6.07, 6.45) is 0.815. The van der Waals surface area contributed by atoms with Crippen LogP contribution in [0.5, 0.6) is 0 Å². The number of nitrogens with two attached hydrogens (primary N) is 1. The van der Waals surface area contributed by atoms with Gasteiger partial charge in [-0.25, -0.2) is 0 Å². The highest BCUT2D eigenvalue weighted by Gasteiger charge is 2.20. The molecular formula is C16H22N4O. The van der Waals surface area contributed by atoms with Gasteiger partial charge in [0.25, 0.3) is 5.91 Å². The highest BCUT2D eigenvalue weighted by molar-refractivity contribution is 5.93. The Morgan fingerprint density at radius 2 is 1.95 bits per heavy atom. The number of aromatic amines is 1. The third kappa shape index (κ3) is 3.70. The molecule has 0 bridgehead atoms. The summed E-state index contributed by atoms with van der Waals surface area (Å²) in [5.41, 5.74) is 9.17. The summed E-state index contributed by atoms with van der Waals surface area (Å²) in [4.78, 5) is 14.4. The van der Waals surface area contributed by atoms with Crippen molar-refractivity contribution in [1.82, 2.24) is 15.1 Å². The molecule has 3 N–H and O–H groups in total. The minimum Gasteiger partial charge on any atom is -0.336 e. The second-order valence-corrected chi connectivity index (χ2v) is 5.14. The lowest BCUT2D eigenvalue weighted by Gasteiger charge is -2.21. The van der Waals surface area contributed by atoms with Crippen molar-refractivity contribution in [3.05, 3.63) is 52.8 Å². The fourth-order valence-electron chi connectivity index (χ4n) is 2.22. The topological polar surface area (TPSA) is 75.0 Å². The maximum atomic E-state index is 12.6. The van der Waals surface area contributed by atoms with E-state index in [0.29, 0.717) is 25.3 Å². The van der Waals surface area contributed by atoms with Gasteiger partial charge in [0.2, 0.25) is 0 Å². The van der Waals surface area contributed by atoms with Gasteiger partial charge in [0.05, 0.1) is 0 Å². The van der Waals surface area contributed by atoms with E-state index in [2.05, 4.69) is 22.3 Å². The zero-order chi connectivity index (χ0) is 15.2. The second kappa shape index (κ2) is 7.04. The molecular weight excluding hydrogens is 264 g/mol. The molecule has 5 nitrogen and oxygen atoms in total. The summed E-state index contributed by atoms with van der Waals surface area (Å²) in [7, 11) is 0. The van der Waals surface area contributed by atoms with Gasteiger partial charge in [0.1, 0.15) is 0 Å². The SMILES string of the molecule is Cc1[nH]nc(C(=O)N(CCN)CCc2ccccc2)c1C. The van der Waals surface area contributed by atoms with Crippen LogP contribution in [0.4, 0.5) is 0 Å². The molecule has 1 aromatic carbocycles. The Balaban J connectivity index is 2.07. The summed E-state index contributed by atoms with van der Waals surface area (Å²) in [5.74, 6) is -0.0572. The van der Waals surface area contributed by atoms with Crippen molar-refractivity contribution in [3.63, 3.8) is 0 Å². The molecule has 0 aliphatic rings. The Hall–Kier alpha value is -2.14. The van der Waals surface area contributed by atoms with E-state index in [9.17, 15) is 4.79 Å². The summed E-state index contributed by atoms with van der Waals surface area (Å²) >= 11 is 0.